The van der Waals surface area contributed by atoms with Crippen molar-refractivity contribution in [2.24, 2.45) is 7.05 Å². The Kier molecular flexibility index (Phi) is 5.30. The molecule has 0 spiro atoms. The zero-order valence-corrected chi connectivity index (χ0v) is 16.4. The van der Waals surface area contributed by atoms with Crippen molar-refractivity contribution in [2.45, 2.75) is 27.3 Å². The van der Waals surface area contributed by atoms with Gasteiger partial charge in [0.15, 0.2) is 0 Å². The van der Waals surface area contributed by atoms with Crippen LogP contribution in [-0.2, 0) is 13.6 Å². The number of rotatable bonds is 6. The first-order valence-corrected chi connectivity index (χ1v) is 8.94. The van der Waals surface area contributed by atoms with Crippen LogP contribution in [0.5, 0.6) is 5.75 Å². The maximum atomic E-state index is 12.8. The number of hydrogen-bond acceptors (Lipinski definition) is 4. The molecule has 0 fully saturated rings. The number of carbonyl (C=O) groups is 1. The molecule has 0 saturated carbocycles. The third-order valence-electron chi connectivity index (χ3n) is 4.60. The molecule has 0 bridgehead atoms. The summed E-state index contributed by atoms with van der Waals surface area (Å²) in [4.78, 5) is 14.5. The van der Waals surface area contributed by atoms with Gasteiger partial charge < -0.3 is 9.64 Å². The average Bonchev–Trinajstić information content (AvgIpc) is 3.21. The number of carbonyl (C=O) groups excluding carboxylic acids is 1. The highest BCUT2D eigenvalue weighted by atomic mass is 16.5. The molecular formula is C20H25N5O2. The monoisotopic (exact) mass is 367 g/mol. The quantitative estimate of drug-likeness (QED) is 0.726. The largest absolute Gasteiger partial charge is 0.494 e. The van der Waals surface area contributed by atoms with Crippen molar-refractivity contribution in [1.29, 1.82) is 0 Å². The standard InChI is InChI=1S/C20H25N5O2/c1-6-27-18-10-8-7-9-15(18)12-24(4)20(26)17-11-16(21-22-17)19-13(2)23-25(5)14(19)3/h7-11H,6,12H2,1-5H3,(H,21,22). The zero-order chi connectivity index (χ0) is 19.6. The summed E-state index contributed by atoms with van der Waals surface area (Å²) in [6.07, 6.45) is 0. The lowest BCUT2D eigenvalue weighted by Crippen LogP contribution is -2.26. The molecule has 3 rings (SSSR count). The summed E-state index contributed by atoms with van der Waals surface area (Å²) >= 11 is 0. The van der Waals surface area contributed by atoms with Crippen LogP contribution in [0.25, 0.3) is 11.3 Å². The van der Waals surface area contributed by atoms with Gasteiger partial charge in [0.05, 0.1) is 18.0 Å². The van der Waals surface area contributed by atoms with Gasteiger partial charge in [0.2, 0.25) is 0 Å². The molecule has 1 N–H and O–H groups in total. The van der Waals surface area contributed by atoms with Crippen molar-refractivity contribution < 1.29 is 9.53 Å². The summed E-state index contributed by atoms with van der Waals surface area (Å²) in [5.74, 6) is 0.672. The molecule has 7 heteroatoms. The second-order valence-corrected chi connectivity index (χ2v) is 6.54. The number of amides is 1. The van der Waals surface area contributed by atoms with E-state index in [1.54, 1.807) is 18.0 Å². The molecule has 27 heavy (non-hydrogen) atoms. The minimum atomic E-state index is -0.126. The average molecular weight is 367 g/mol. The van der Waals surface area contributed by atoms with E-state index < -0.39 is 0 Å². The summed E-state index contributed by atoms with van der Waals surface area (Å²) in [6.45, 7) is 6.91. The molecule has 1 aromatic carbocycles. The number of ether oxygens (including phenoxy) is 1. The van der Waals surface area contributed by atoms with Crippen molar-refractivity contribution in [1.82, 2.24) is 24.9 Å². The first-order chi connectivity index (χ1) is 12.9. The molecule has 1 amide bonds. The maximum Gasteiger partial charge on any atom is 0.271 e. The summed E-state index contributed by atoms with van der Waals surface area (Å²) in [5.41, 5.74) is 5.00. The normalized spacial score (nSPS) is 10.9. The lowest BCUT2D eigenvalue weighted by molar-refractivity contribution is 0.0778. The minimum Gasteiger partial charge on any atom is -0.494 e. The molecule has 0 aliphatic rings. The van der Waals surface area contributed by atoms with Crippen LogP contribution in [-0.4, -0.2) is 44.4 Å². The number of nitrogens with zero attached hydrogens (tertiary/aromatic N) is 4. The Morgan fingerprint density at radius 1 is 1.30 bits per heavy atom. The fourth-order valence-corrected chi connectivity index (χ4v) is 3.17. The van der Waals surface area contributed by atoms with Gasteiger partial charge in [-0.3, -0.25) is 14.6 Å². The fraction of sp³-hybridized carbons (Fsp3) is 0.350. The summed E-state index contributed by atoms with van der Waals surface area (Å²) in [6, 6.07) is 9.54. The van der Waals surface area contributed by atoms with Crippen molar-refractivity contribution in [3.8, 4) is 17.0 Å². The van der Waals surface area contributed by atoms with E-state index in [4.69, 9.17) is 4.74 Å². The number of benzene rings is 1. The Hall–Kier alpha value is -3.09. The molecule has 0 atom stereocenters. The van der Waals surface area contributed by atoms with Crippen LogP contribution in [0.3, 0.4) is 0 Å². The highest BCUT2D eigenvalue weighted by molar-refractivity contribution is 5.93. The van der Waals surface area contributed by atoms with Gasteiger partial charge in [-0.05, 0) is 32.9 Å². The molecular weight excluding hydrogens is 342 g/mol. The predicted molar refractivity (Wildman–Crippen MR) is 104 cm³/mol. The first-order valence-electron chi connectivity index (χ1n) is 8.94. The van der Waals surface area contributed by atoms with E-state index in [0.717, 1.165) is 34.0 Å². The van der Waals surface area contributed by atoms with Gasteiger partial charge in [-0.25, -0.2) is 0 Å². The molecule has 2 aromatic heterocycles. The van der Waals surface area contributed by atoms with Crippen LogP contribution < -0.4 is 4.74 Å². The Morgan fingerprint density at radius 2 is 2.04 bits per heavy atom. The van der Waals surface area contributed by atoms with Crippen LogP contribution in [0, 0.1) is 13.8 Å². The minimum absolute atomic E-state index is 0.126. The molecule has 3 aromatic rings. The molecule has 0 saturated heterocycles. The van der Waals surface area contributed by atoms with Gasteiger partial charge in [0, 0.05) is 37.5 Å². The second-order valence-electron chi connectivity index (χ2n) is 6.54. The van der Waals surface area contributed by atoms with Crippen LogP contribution in [0.4, 0.5) is 0 Å². The van der Waals surface area contributed by atoms with E-state index in [1.165, 1.54) is 0 Å². The molecule has 0 unspecified atom stereocenters. The Bertz CT molecular complexity index is 957. The van der Waals surface area contributed by atoms with Crippen molar-refractivity contribution >= 4 is 5.91 Å². The van der Waals surface area contributed by atoms with Crippen LogP contribution in [0.2, 0.25) is 0 Å². The van der Waals surface area contributed by atoms with Crippen LogP contribution in [0.15, 0.2) is 30.3 Å². The van der Waals surface area contributed by atoms with E-state index >= 15 is 0 Å². The Balaban J connectivity index is 1.80. The van der Waals surface area contributed by atoms with Crippen molar-refractivity contribution in [2.75, 3.05) is 13.7 Å². The van der Waals surface area contributed by atoms with Crippen LogP contribution >= 0.6 is 0 Å². The third-order valence-corrected chi connectivity index (χ3v) is 4.60. The van der Waals surface area contributed by atoms with Gasteiger partial charge >= 0.3 is 0 Å². The summed E-state index contributed by atoms with van der Waals surface area (Å²) in [5, 5.41) is 11.6. The number of aromatic nitrogens is 4. The third kappa shape index (κ3) is 3.72. The summed E-state index contributed by atoms with van der Waals surface area (Å²) < 4.78 is 7.46. The number of para-hydroxylation sites is 1. The molecule has 142 valence electrons. The fourth-order valence-electron chi connectivity index (χ4n) is 3.17. The lowest BCUT2D eigenvalue weighted by Gasteiger charge is -2.18. The van der Waals surface area contributed by atoms with Gasteiger partial charge in [-0.2, -0.15) is 10.2 Å². The number of H-pyrrole nitrogens is 1. The van der Waals surface area contributed by atoms with E-state index in [-0.39, 0.29) is 5.91 Å². The lowest BCUT2D eigenvalue weighted by atomic mass is 10.1. The number of hydrogen-bond donors (Lipinski definition) is 1. The van der Waals surface area contributed by atoms with E-state index in [9.17, 15) is 4.79 Å². The van der Waals surface area contributed by atoms with E-state index in [0.29, 0.717) is 18.8 Å². The molecule has 0 radical (unpaired) electrons. The van der Waals surface area contributed by atoms with Gasteiger partial charge in [-0.15, -0.1) is 0 Å². The molecule has 0 aliphatic heterocycles. The van der Waals surface area contributed by atoms with Crippen molar-refractivity contribution in [3.05, 3.63) is 53.0 Å². The van der Waals surface area contributed by atoms with Crippen molar-refractivity contribution in [3.63, 3.8) is 0 Å². The highest BCUT2D eigenvalue weighted by Crippen LogP contribution is 2.26. The predicted octanol–water partition coefficient (Wildman–Crippen LogP) is 3.10. The Labute approximate surface area is 159 Å². The summed E-state index contributed by atoms with van der Waals surface area (Å²) in [7, 11) is 3.67. The smallest absolute Gasteiger partial charge is 0.271 e. The first kappa shape index (κ1) is 18.7. The topological polar surface area (TPSA) is 76.0 Å². The van der Waals surface area contributed by atoms with E-state index in [2.05, 4.69) is 15.3 Å². The highest BCUT2D eigenvalue weighted by Gasteiger charge is 2.20. The van der Waals surface area contributed by atoms with Crippen LogP contribution in [0.1, 0.15) is 34.4 Å². The SMILES string of the molecule is CCOc1ccccc1CN(C)C(=O)c1cc(-c2c(C)nn(C)c2C)n[nH]1. The van der Waals surface area contributed by atoms with E-state index in [1.807, 2.05) is 56.8 Å². The maximum absolute atomic E-state index is 12.8. The number of aromatic amines is 1. The zero-order valence-electron chi connectivity index (χ0n) is 16.4. The van der Waals surface area contributed by atoms with Gasteiger partial charge in [0.25, 0.3) is 5.91 Å². The molecule has 0 aliphatic carbocycles. The number of aryl methyl sites for hydroxylation is 2. The van der Waals surface area contributed by atoms with Gasteiger partial charge in [0.1, 0.15) is 11.4 Å². The molecule has 7 nitrogen and oxygen atoms in total. The second kappa shape index (κ2) is 7.65. The van der Waals surface area contributed by atoms with Gasteiger partial charge in [-0.1, -0.05) is 18.2 Å². The number of nitrogens with one attached hydrogen (secondary N) is 1. The Morgan fingerprint density at radius 3 is 2.70 bits per heavy atom. The molecule has 2 heterocycles.